The largest absolute Gasteiger partial charge is 0.416 e. The second-order valence-electron chi connectivity index (χ2n) is 6.78. The maximum Gasteiger partial charge on any atom is 0.416 e. The molecule has 1 amide bonds. The normalized spacial score (nSPS) is 12.1. The molecule has 0 aliphatic heterocycles. The summed E-state index contributed by atoms with van der Waals surface area (Å²) in [6.45, 7) is 2.04. The highest BCUT2D eigenvalue weighted by molar-refractivity contribution is 5.90. The Morgan fingerprint density at radius 3 is 2.45 bits per heavy atom. The van der Waals surface area contributed by atoms with Gasteiger partial charge in [-0.25, -0.2) is 0 Å². The van der Waals surface area contributed by atoms with Gasteiger partial charge >= 0.3 is 6.18 Å². The minimum Gasteiger partial charge on any atom is -0.397 e. The van der Waals surface area contributed by atoms with Crippen molar-refractivity contribution in [3.05, 3.63) is 54.1 Å². The SMILES string of the molecule is CCC(CCCCCC(=O)Nc1cccc(C(F)(F)F)c1)=Nc1ccccc1N. The molecule has 29 heavy (non-hydrogen) atoms. The number of nitrogen functional groups attached to an aromatic ring is 1. The van der Waals surface area contributed by atoms with Crippen molar-refractivity contribution < 1.29 is 18.0 Å². The van der Waals surface area contributed by atoms with E-state index >= 15 is 0 Å². The molecule has 0 aliphatic carbocycles. The van der Waals surface area contributed by atoms with Crippen molar-refractivity contribution in [2.45, 2.75) is 51.6 Å². The van der Waals surface area contributed by atoms with E-state index in [4.69, 9.17) is 5.73 Å². The van der Waals surface area contributed by atoms with Gasteiger partial charge in [0, 0.05) is 17.8 Å². The summed E-state index contributed by atoms with van der Waals surface area (Å²) in [5.74, 6) is -0.286. The maximum absolute atomic E-state index is 12.7. The zero-order valence-corrected chi connectivity index (χ0v) is 16.4. The number of hydrogen-bond acceptors (Lipinski definition) is 3. The molecule has 0 heterocycles. The van der Waals surface area contributed by atoms with Gasteiger partial charge in [0.1, 0.15) is 0 Å². The number of nitrogens with zero attached hydrogens (tertiary/aromatic N) is 1. The first kappa shape index (κ1) is 22.5. The molecule has 2 aromatic rings. The number of alkyl halides is 3. The number of carbonyl (C=O) groups is 1. The lowest BCUT2D eigenvalue weighted by atomic mass is 10.1. The summed E-state index contributed by atoms with van der Waals surface area (Å²) in [4.78, 5) is 16.6. The zero-order valence-electron chi connectivity index (χ0n) is 16.4. The number of nitrogens with one attached hydrogen (secondary N) is 1. The molecule has 3 N–H and O–H groups in total. The van der Waals surface area contributed by atoms with Crippen molar-refractivity contribution in [2.75, 3.05) is 11.1 Å². The van der Waals surface area contributed by atoms with Crippen LogP contribution in [0.25, 0.3) is 0 Å². The topological polar surface area (TPSA) is 67.5 Å². The van der Waals surface area contributed by atoms with E-state index in [1.54, 1.807) is 0 Å². The Bertz CT molecular complexity index is 847. The highest BCUT2D eigenvalue weighted by Gasteiger charge is 2.30. The first-order valence-electron chi connectivity index (χ1n) is 9.67. The fourth-order valence-corrected chi connectivity index (χ4v) is 2.86. The standard InChI is InChI=1S/C22H26F3N3O/c1-2-17(27-20-13-7-6-12-19(20)26)10-4-3-5-14-21(29)28-18-11-8-9-16(15-18)22(23,24)25/h6-9,11-13,15H,2-5,10,14,26H2,1H3,(H,28,29). The molecule has 0 radical (unpaired) electrons. The van der Waals surface area contributed by atoms with Crippen molar-refractivity contribution >= 4 is 28.7 Å². The number of benzene rings is 2. The lowest BCUT2D eigenvalue weighted by Gasteiger charge is -2.10. The second kappa shape index (κ2) is 10.6. The average Bonchev–Trinajstić information content (AvgIpc) is 2.68. The van der Waals surface area contributed by atoms with Gasteiger partial charge in [0.15, 0.2) is 0 Å². The predicted octanol–water partition coefficient (Wildman–Crippen LogP) is 6.36. The zero-order chi connectivity index (χ0) is 21.3. The van der Waals surface area contributed by atoms with Crippen LogP contribution in [0.3, 0.4) is 0 Å². The Labute approximate surface area is 169 Å². The number of nitrogens with two attached hydrogens (primary N) is 1. The second-order valence-corrected chi connectivity index (χ2v) is 6.78. The number of hydrogen-bond donors (Lipinski definition) is 2. The van der Waals surface area contributed by atoms with Gasteiger partial charge in [-0.3, -0.25) is 9.79 Å². The summed E-state index contributed by atoms with van der Waals surface area (Å²) in [6, 6.07) is 12.1. The average molecular weight is 405 g/mol. The van der Waals surface area contributed by atoms with Gasteiger partial charge in [-0.1, -0.05) is 31.5 Å². The molecule has 0 atom stereocenters. The molecule has 0 aromatic heterocycles. The van der Waals surface area contributed by atoms with E-state index in [1.807, 2.05) is 31.2 Å². The number of amides is 1. The van der Waals surface area contributed by atoms with Crippen LogP contribution >= 0.6 is 0 Å². The monoisotopic (exact) mass is 405 g/mol. The van der Waals surface area contributed by atoms with Gasteiger partial charge in [0.2, 0.25) is 5.91 Å². The molecule has 7 heteroatoms. The molecule has 0 aliphatic rings. The highest BCUT2D eigenvalue weighted by atomic mass is 19.4. The quantitative estimate of drug-likeness (QED) is 0.290. The van der Waals surface area contributed by atoms with E-state index in [-0.39, 0.29) is 18.0 Å². The molecule has 0 saturated carbocycles. The third kappa shape index (κ3) is 7.60. The molecule has 4 nitrogen and oxygen atoms in total. The summed E-state index contributed by atoms with van der Waals surface area (Å²) in [7, 11) is 0. The Kier molecular flexibility index (Phi) is 8.24. The van der Waals surface area contributed by atoms with Gasteiger partial charge in [0.05, 0.1) is 16.9 Å². The van der Waals surface area contributed by atoms with Gasteiger partial charge in [-0.2, -0.15) is 13.2 Å². The van der Waals surface area contributed by atoms with Crippen LogP contribution in [0.5, 0.6) is 0 Å². The number of para-hydroxylation sites is 2. The molecule has 156 valence electrons. The molecule has 2 rings (SSSR count). The fraction of sp³-hybridized carbons (Fsp3) is 0.364. The predicted molar refractivity (Wildman–Crippen MR) is 111 cm³/mol. The van der Waals surface area contributed by atoms with Crippen LogP contribution in [-0.4, -0.2) is 11.6 Å². The van der Waals surface area contributed by atoms with E-state index in [2.05, 4.69) is 10.3 Å². The number of halogens is 3. The van der Waals surface area contributed by atoms with Crippen LogP contribution in [-0.2, 0) is 11.0 Å². The Morgan fingerprint density at radius 2 is 1.76 bits per heavy atom. The maximum atomic E-state index is 12.7. The van der Waals surface area contributed by atoms with E-state index in [9.17, 15) is 18.0 Å². The van der Waals surface area contributed by atoms with Crippen LogP contribution in [0.1, 0.15) is 51.0 Å². The minimum absolute atomic E-state index is 0.158. The third-order valence-corrected chi connectivity index (χ3v) is 4.47. The van der Waals surface area contributed by atoms with Crippen LogP contribution in [0, 0.1) is 0 Å². The Balaban J connectivity index is 1.75. The fourth-order valence-electron chi connectivity index (χ4n) is 2.86. The molecular weight excluding hydrogens is 379 g/mol. The van der Waals surface area contributed by atoms with Crippen molar-refractivity contribution in [2.24, 2.45) is 4.99 Å². The van der Waals surface area contributed by atoms with Gasteiger partial charge in [-0.15, -0.1) is 0 Å². The third-order valence-electron chi connectivity index (χ3n) is 4.47. The number of anilines is 2. The first-order chi connectivity index (χ1) is 13.8. The van der Waals surface area contributed by atoms with Crippen molar-refractivity contribution in [1.82, 2.24) is 0 Å². The molecule has 0 bridgehead atoms. The smallest absolute Gasteiger partial charge is 0.397 e. The van der Waals surface area contributed by atoms with E-state index < -0.39 is 11.7 Å². The van der Waals surface area contributed by atoms with Crippen LogP contribution in [0.4, 0.5) is 30.2 Å². The minimum atomic E-state index is -4.43. The summed E-state index contributed by atoms with van der Waals surface area (Å²) in [6.07, 6.45) is -0.139. The molecule has 0 fully saturated rings. The van der Waals surface area contributed by atoms with Crippen LogP contribution < -0.4 is 11.1 Å². The number of rotatable bonds is 9. The number of unbranched alkanes of at least 4 members (excludes halogenated alkanes) is 2. The van der Waals surface area contributed by atoms with Gasteiger partial charge in [0.25, 0.3) is 0 Å². The number of aliphatic imine (C=N–C) groups is 1. The van der Waals surface area contributed by atoms with Crippen LogP contribution in [0.2, 0.25) is 0 Å². The van der Waals surface area contributed by atoms with Crippen molar-refractivity contribution in [1.29, 1.82) is 0 Å². The lowest BCUT2D eigenvalue weighted by molar-refractivity contribution is -0.137. The van der Waals surface area contributed by atoms with Crippen molar-refractivity contribution in [3.63, 3.8) is 0 Å². The van der Waals surface area contributed by atoms with Gasteiger partial charge in [-0.05, 0) is 56.0 Å². The first-order valence-corrected chi connectivity index (χ1v) is 9.67. The Hall–Kier alpha value is -2.83. The lowest BCUT2D eigenvalue weighted by Crippen LogP contribution is -2.12. The van der Waals surface area contributed by atoms with E-state index in [0.29, 0.717) is 12.1 Å². The van der Waals surface area contributed by atoms with Crippen LogP contribution in [0.15, 0.2) is 53.5 Å². The molecule has 0 spiro atoms. The molecule has 2 aromatic carbocycles. The highest BCUT2D eigenvalue weighted by Crippen LogP contribution is 2.30. The Morgan fingerprint density at radius 1 is 1.03 bits per heavy atom. The van der Waals surface area contributed by atoms with E-state index in [0.717, 1.165) is 49.2 Å². The van der Waals surface area contributed by atoms with E-state index in [1.165, 1.54) is 12.1 Å². The molecule has 0 unspecified atom stereocenters. The summed E-state index contributed by atoms with van der Waals surface area (Å²) >= 11 is 0. The molecule has 0 saturated heterocycles. The summed E-state index contributed by atoms with van der Waals surface area (Å²) in [5.41, 5.74) is 7.76. The summed E-state index contributed by atoms with van der Waals surface area (Å²) in [5, 5.41) is 2.53. The van der Waals surface area contributed by atoms with Gasteiger partial charge < -0.3 is 11.1 Å². The molecular formula is C22H26F3N3O. The summed E-state index contributed by atoms with van der Waals surface area (Å²) < 4.78 is 38.2. The van der Waals surface area contributed by atoms with Crippen molar-refractivity contribution in [3.8, 4) is 0 Å². The number of carbonyl (C=O) groups excluding carboxylic acids is 1.